The first-order valence-corrected chi connectivity index (χ1v) is 8.63. The summed E-state index contributed by atoms with van der Waals surface area (Å²) in [5, 5.41) is 8.30. The monoisotopic (exact) mass is 344 g/mol. The second-order valence-electron chi connectivity index (χ2n) is 5.32. The van der Waals surface area contributed by atoms with E-state index in [2.05, 4.69) is 20.3 Å². The second-order valence-corrected chi connectivity index (χ2v) is 6.88. The molecule has 0 amide bonds. The molecule has 3 aromatic rings. The Morgan fingerprint density at radius 2 is 1.88 bits per heavy atom. The highest BCUT2D eigenvalue weighted by atomic mass is 32.2. The fourth-order valence-electron chi connectivity index (χ4n) is 2.23. The Morgan fingerprint density at radius 1 is 1.17 bits per heavy atom. The van der Waals surface area contributed by atoms with Crippen LogP contribution in [0.4, 0.5) is 11.5 Å². The van der Waals surface area contributed by atoms with Gasteiger partial charge in [-0.15, -0.1) is 0 Å². The zero-order valence-corrected chi connectivity index (χ0v) is 13.7. The molecule has 0 bridgehead atoms. The summed E-state index contributed by atoms with van der Waals surface area (Å²) < 4.78 is 22.5. The predicted molar refractivity (Wildman–Crippen MR) is 91.6 cm³/mol. The number of nitrogens with two attached hydrogens (primary N) is 2. The highest BCUT2D eigenvalue weighted by Gasteiger charge is 2.09. The minimum Gasteiger partial charge on any atom is -0.384 e. The van der Waals surface area contributed by atoms with Crippen LogP contribution in [0.2, 0.25) is 0 Å². The van der Waals surface area contributed by atoms with Crippen LogP contribution in [-0.4, -0.2) is 23.4 Å². The normalized spacial score (nSPS) is 11.6. The smallest absolute Gasteiger partial charge is 0.238 e. The first kappa shape index (κ1) is 16.1. The molecule has 0 radical (unpaired) electrons. The first-order valence-electron chi connectivity index (χ1n) is 7.08. The molecule has 0 saturated carbocycles. The van der Waals surface area contributed by atoms with E-state index in [-0.39, 0.29) is 4.90 Å². The lowest BCUT2D eigenvalue weighted by molar-refractivity contribution is 0.598. The van der Waals surface area contributed by atoms with E-state index in [0.717, 1.165) is 11.3 Å². The number of rotatable bonds is 4. The second kappa shape index (κ2) is 6.02. The summed E-state index contributed by atoms with van der Waals surface area (Å²) in [7, 11) is -3.69. The fraction of sp³-hybridized carbons (Fsp3) is 0.133. The number of benzene rings is 1. The van der Waals surface area contributed by atoms with Gasteiger partial charge in [-0.3, -0.25) is 0 Å². The van der Waals surface area contributed by atoms with Gasteiger partial charge >= 0.3 is 0 Å². The lowest BCUT2D eigenvalue weighted by Crippen LogP contribution is -2.12. The number of nitrogens with zero attached hydrogens (tertiary/aromatic N) is 3. The van der Waals surface area contributed by atoms with Gasteiger partial charge in [-0.05, 0) is 24.6 Å². The molecule has 0 aliphatic rings. The number of aryl methyl sites for hydroxylation is 1. The van der Waals surface area contributed by atoms with Crippen LogP contribution in [0.25, 0.3) is 11.2 Å². The van der Waals surface area contributed by atoms with Crippen LogP contribution >= 0.6 is 0 Å². The van der Waals surface area contributed by atoms with Crippen LogP contribution in [0.15, 0.2) is 41.4 Å². The summed E-state index contributed by atoms with van der Waals surface area (Å²) >= 11 is 0. The van der Waals surface area contributed by atoms with Crippen molar-refractivity contribution in [1.82, 2.24) is 15.0 Å². The summed E-state index contributed by atoms with van der Waals surface area (Å²) in [5.74, 6) is 0.342. The Balaban J connectivity index is 1.85. The van der Waals surface area contributed by atoms with Crippen LogP contribution in [0.3, 0.4) is 0 Å². The number of anilines is 2. The molecule has 24 heavy (non-hydrogen) atoms. The van der Waals surface area contributed by atoms with Crippen molar-refractivity contribution in [3.63, 3.8) is 0 Å². The van der Waals surface area contributed by atoms with Crippen molar-refractivity contribution < 1.29 is 8.42 Å². The Labute approximate surface area is 139 Å². The molecule has 1 aromatic carbocycles. The van der Waals surface area contributed by atoms with Gasteiger partial charge in [0.25, 0.3) is 0 Å². The summed E-state index contributed by atoms with van der Waals surface area (Å²) in [5.41, 5.74) is 9.25. The van der Waals surface area contributed by atoms with Crippen molar-refractivity contribution in [1.29, 1.82) is 0 Å². The van der Waals surface area contributed by atoms with Gasteiger partial charge in [0.2, 0.25) is 10.0 Å². The summed E-state index contributed by atoms with van der Waals surface area (Å²) in [6.45, 7) is 2.29. The zero-order chi connectivity index (χ0) is 17.3. The Hall–Kier alpha value is -2.78. The molecule has 8 nitrogen and oxygen atoms in total. The maximum Gasteiger partial charge on any atom is 0.238 e. The fourth-order valence-corrected chi connectivity index (χ4v) is 2.75. The number of pyridine rings is 1. The highest BCUT2D eigenvalue weighted by Crippen LogP contribution is 2.22. The van der Waals surface area contributed by atoms with Gasteiger partial charge < -0.3 is 11.1 Å². The van der Waals surface area contributed by atoms with E-state index in [9.17, 15) is 8.42 Å². The van der Waals surface area contributed by atoms with E-state index in [0.29, 0.717) is 29.2 Å². The third kappa shape index (κ3) is 3.42. The molecule has 9 heteroatoms. The number of sulfonamides is 1. The average Bonchev–Trinajstić information content (AvgIpc) is 2.51. The van der Waals surface area contributed by atoms with Crippen LogP contribution in [0.5, 0.6) is 0 Å². The quantitative estimate of drug-likeness (QED) is 0.646. The van der Waals surface area contributed by atoms with Gasteiger partial charge in [0.05, 0.1) is 16.3 Å². The predicted octanol–water partition coefficient (Wildman–Crippen LogP) is 1.17. The van der Waals surface area contributed by atoms with E-state index in [1.165, 1.54) is 12.1 Å². The third-order valence-electron chi connectivity index (χ3n) is 3.39. The lowest BCUT2D eigenvalue weighted by Gasteiger charge is -2.10. The molecule has 3 rings (SSSR count). The molecule has 2 aromatic heterocycles. The topological polar surface area (TPSA) is 137 Å². The van der Waals surface area contributed by atoms with Crippen LogP contribution in [0.1, 0.15) is 11.3 Å². The van der Waals surface area contributed by atoms with Crippen molar-refractivity contribution in [2.24, 2.45) is 5.14 Å². The molecular formula is C15H16N6O2S. The molecule has 5 N–H and O–H groups in total. The van der Waals surface area contributed by atoms with E-state index in [4.69, 9.17) is 10.9 Å². The number of hydrogen-bond acceptors (Lipinski definition) is 7. The summed E-state index contributed by atoms with van der Waals surface area (Å²) in [6, 6.07) is 8.00. The molecule has 124 valence electrons. The SMILES string of the molecule is Cc1cnc2c(NCc3ccc(S(N)(=O)=O)cc3)cc(N)nc2n1. The Morgan fingerprint density at radius 3 is 2.54 bits per heavy atom. The summed E-state index contributed by atoms with van der Waals surface area (Å²) in [6.07, 6.45) is 1.66. The first-order chi connectivity index (χ1) is 11.3. The van der Waals surface area contributed by atoms with Crippen molar-refractivity contribution in [3.8, 4) is 0 Å². The molecule has 0 unspecified atom stereocenters. The maximum atomic E-state index is 11.3. The van der Waals surface area contributed by atoms with Crippen molar-refractivity contribution in [2.75, 3.05) is 11.1 Å². The molecular weight excluding hydrogens is 328 g/mol. The Kier molecular flexibility index (Phi) is 4.04. The van der Waals surface area contributed by atoms with Crippen molar-refractivity contribution in [2.45, 2.75) is 18.4 Å². The average molecular weight is 344 g/mol. The molecule has 0 aliphatic carbocycles. The third-order valence-corrected chi connectivity index (χ3v) is 4.32. The van der Waals surface area contributed by atoms with Crippen molar-refractivity contribution in [3.05, 3.63) is 47.8 Å². The molecule has 0 aliphatic heterocycles. The molecule has 0 spiro atoms. The minimum atomic E-state index is -3.69. The van der Waals surface area contributed by atoms with Gasteiger partial charge in [-0.2, -0.15) is 0 Å². The van der Waals surface area contributed by atoms with Crippen LogP contribution in [0, 0.1) is 6.92 Å². The van der Waals surface area contributed by atoms with Gasteiger partial charge in [0, 0.05) is 18.8 Å². The number of primary sulfonamides is 1. The van der Waals surface area contributed by atoms with Crippen LogP contribution < -0.4 is 16.2 Å². The maximum absolute atomic E-state index is 11.3. The Bertz CT molecular complexity index is 997. The van der Waals surface area contributed by atoms with E-state index in [1.54, 1.807) is 24.4 Å². The molecule has 0 fully saturated rings. The van der Waals surface area contributed by atoms with Gasteiger partial charge in [0.1, 0.15) is 11.3 Å². The number of fused-ring (bicyclic) bond motifs is 1. The lowest BCUT2D eigenvalue weighted by atomic mass is 10.2. The van der Waals surface area contributed by atoms with Gasteiger partial charge in [0.15, 0.2) is 5.65 Å². The molecule has 0 saturated heterocycles. The molecule has 2 heterocycles. The van der Waals surface area contributed by atoms with E-state index < -0.39 is 10.0 Å². The van der Waals surface area contributed by atoms with Crippen LogP contribution in [-0.2, 0) is 16.6 Å². The number of hydrogen-bond donors (Lipinski definition) is 3. The number of nitrogen functional groups attached to an aromatic ring is 1. The highest BCUT2D eigenvalue weighted by molar-refractivity contribution is 7.89. The zero-order valence-electron chi connectivity index (χ0n) is 12.9. The van der Waals surface area contributed by atoms with E-state index >= 15 is 0 Å². The minimum absolute atomic E-state index is 0.0752. The van der Waals surface area contributed by atoms with Crippen molar-refractivity contribution >= 4 is 32.7 Å². The number of aromatic nitrogens is 3. The standard InChI is InChI=1S/C15H16N6O2S/c1-9-7-19-14-12(6-13(16)21-15(14)20-9)18-8-10-2-4-11(5-3-10)24(17,22)23/h2-7H,8H2,1H3,(H2,17,22,23)(H3,16,18,20,21). The van der Waals surface area contributed by atoms with Gasteiger partial charge in [-0.1, -0.05) is 12.1 Å². The largest absolute Gasteiger partial charge is 0.384 e. The molecule has 0 atom stereocenters. The summed E-state index contributed by atoms with van der Waals surface area (Å²) in [4.78, 5) is 12.9. The van der Waals surface area contributed by atoms with E-state index in [1.807, 2.05) is 6.92 Å². The number of nitrogens with one attached hydrogen (secondary N) is 1. The van der Waals surface area contributed by atoms with Gasteiger partial charge in [-0.25, -0.2) is 28.5 Å².